The van der Waals surface area contributed by atoms with E-state index in [0.717, 1.165) is 12.8 Å². The third-order valence-electron chi connectivity index (χ3n) is 2.34. The van der Waals surface area contributed by atoms with Crippen LogP contribution in [0.15, 0.2) is 0 Å². The summed E-state index contributed by atoms with van der Waals surface area (Å²) in [6, 6.07) is 0. The van der Waals surface area contributed by atoms with Crippen molar-refractivity contribution in [3.05, 3.63) is 0 Å². The maximum Gasteiger partial charge on any atom is 0.118 e. The van der Waals surface area contributed by atoms with Crippen molar-refractivity contribution < 1.29 is 9.47 Å². The van der Waals surface area contributed by atoms with Crippen molar-refractivity contribution in [3.63, 3.8) is 0 Å². The Labute approximate surface area is 92.3 Å². The molecular formula is C12H21NO2. The molecule has 0 aromatic rings. The van der Waals surface area contributed by atoms with E-state index in [1.807, 2.05) is 0 Å². The van der Waals surface area contributed by atoms with Gasteiger partial charge in [-0.1, -0.05) is 12.3 Å². The summed E-state index contributed by atoms with van der Waals surface area (Å²) in [6.45, 7) is 2.43. The van der Waals surface area contributed by atoms with E-state index in [4.69, 9.17) is 15.2 Å². The highest BCUT2D eigenvalue weighted by Gasteiger charge is 2.06. The van der Waals surface area contributed by atoms with Gasteiger partial charge in [0, 0.05) is 13.0 Å². The first-order chi connectivity index (χ1) is 7.43. The molecule has 0 heterocycles. The van der Waals surface area contributed by atoms with E-state index in [2.05, 4.69) is 11.8 Å². The molecule has 1 atom stereocenters. The second kappa shape index (κ2) is 8.72. The van der Waals surface area contributed by atoms with Crippen molar-refractivity contribution in [1.29, 1.82) is 0 Å². The highest BCUT2D eigenvalue weighted by Crippen LogP contribution is 2.10. The summed E-state index contributed by atoms with van der Waals surface area (Å²) in [6.07, 6.45) is 5.93. The summed E-state index contributed by atoms with van der Waals surface area (Å²) in [5.41, 5.74) is 5.30. The van der Waals surface area contributed by atoms with Crippen LogP contribution in [0.2, 0.25) is 0 Å². The van der Waals surface area contributed by atoms with Crippen molar-refractivity contribution >= 4 is 0 Å². The molecule has 0 saturated carbocycles. The van der Waals surface area contributed by atoms with Gasteiger partial charge in [-0.15, -0.1) is 5.92 Å². The van der Waals surface area contributed by atoms with Gasteiger partial charge in [-0.2, -0.15) is 0 Å². The molecule has 0 aromatic carbocycles. The van der Waals surface area contributed by atoms with Gasteiger partial charge in [0.15, 0.2) is 0 Å². The highest BCUT2D eigenvalue weighted by molar-refractivity contribution is 5.05. The molecule has 0 spiro atoms. The molecule has 0 radical (unpaired) electrons. The average Bonchev–Trinajstić information content (AvgIpc) is 2.20. The first-order valence-corrected chi connectivity index (χ1v) is 5.81. The molecule has 1 aliphatic rings. The minimum absolute atomic E-state index is 0.117. The lowest BCUT2D eigenvalue weighted by Gasteiger charge is -2.13. The van der Waals surface area contributed by atoms with Crippen molar-refractivity contribution in [3.8, 4) is 11.8 Å². The molecule has 0 bridgehead atoms. The molecule has 0 aliphatic heterocycles. The zero-order chi connectivity index (χ0) is 10.8. The Morgan fingerprint density at radius 3 is 2.93 bits per heavy atom. The van der Waals surface area contributed by atoms with E-state index in [0.29, 0.717) is 26.4 Å². The largest absolute Gasteiger partial charge is 0.378 e. The second-order valence-electron chi connectivity index (χ2n) is 3.68. The maximum atomic E-state index is 5.63. The van der Waals surface area contributed by atoms with E-state index >= 15 is 0 Å². The van der Waals surface area contributed by atoms with Crippen molar-refractivity contribution in [2.24, 2.45) is 5.73 Å². The van der Waals surface area contributed by atoms with Gasteiger partial charge in [0.05, 0.1) is 19.8 Å². The molecule has 0 amide bonds. The van der Waals surface area contributed by atoms with Gasteiger partial charge in [-0.3, -0.25) is 0 Å². The molecule has 3 nitrogen and oxygen atoms in total. The highest BCUT2D eigenvalue weighted by atomic mass is 16.5. The first-order valence-electron chi connectivity index (χ1n) is 5.81. The molecular weight excluding hydrogens is 190 g/mol. The van der Waals surface area contributed by atoms with Gasteiger partial charge in [-0.05, 0) is 19.3 Å². The lowest BCUT2D eigenvalue weighted by Crippen LogP contribution is -2.17. The number of nitrogens with two attached hydrogens (primary N) is 1. The Balaban J connectivity index is 2.07. The first kappa shape index (κ1) is 12.5. The monoisotopic (exact) mass is 211 g/mol. The van der Waals surface area contributed by atoms with Crippen LogP contribution in [0.1, 0.15) is 32.1 Å². The number of hydrogen-bond donors (Lipinski definition) is 1. The SMILES string of the molecule is NCCOCCOC1C#CCCCCC1. The van der Waals surface area contributed by atoms with Crippen LogP contribution in [0.25, 0.3) is 0 Å². The zero-order valence-corrected chi connectivity index (χ0v) is 9.34. The average molecular weight is 211 g/mol. The van der Waals surface area contributed by atoms with E-state index in [9.17, 15) is 0 Å². The Morgan fingerprint density at radius 2 is 2.07 bits per heavy atom. The summed E-state index contributed by atoms with van der Waals surface area (Å²) >= 11 is 0. The van der Waals surface area contributed by atoms with E-state index in [1.54, 1.807) is 0 Å². The lowest BCUT2D eigenvalue weighted by atomic mass is 10.1. The molecule has 1 aliphatic carbocycles. The second-order valence-corrected chi connectivity index (χ2v) is 3.68. The number of rotatable bonds is 6. The van der Waals surface area contributed by atoms with Gasteiger partial charge in [0.2, 0.25) is 0 Å². The van der Waals surface area contributed by atoms with Crippen LogP contribution in [0.4, 0.5) is 0 Å². The van der Waals surface area contributed by atoms with Crippen LogP contribution in [-0.4, -0.2) is 32.5 Å². The van der Waals surface area contributed by atoms with Crippen LogP contribution in [0.5, 0.6) is 0 Å². The van der Waals surface area contributed by atoms with E-state index < -0.39 is 0 Å². The zero-order valence-electron chi connectivity index (χ0n) is 9.34. The minimum Gasteiger partial charge on any atom is -0.378 e. The summed E-state index contributed by atoms with van der Waals surface area (Å²) in [5.74, 6) is 6.31. The molecule has 86 valence electrons. The molecule has 3 heteroatoms. The van der Waals surface area contributed by atoms with Gasteiger partial charge in [0.1, 0.15) is 6.10 Å². The van der Waals surface area contributed by atoms with Crippen molar-refractivity contribution in [2.75, 3.05) is 26.4 Å². The third-order valence-corrected chi connectivity index (χ3v) is 2.34. The Hall–Kier alpha value is -0.560. The van der Waals surface area contributed by atoms with Gasteiger partial charge in [-0.25, -0.2) is 0 Å². The van der Waals surface area contributed by atoms with Crippen LogP contribution in [0, 0.1) is 11.8 Å². The predicted octanol–water partition coefficient (Wildman–Crippen LogP) is 1.31. The van der Waals surface area contributed by atoms with Crippen molar-refractivity contribution in [1.82, 2.24) is 0 Å². The molecule has 15 heavy (non-hydrogen) atoms. The quantitative estimate of drug-likeness (QED) is 0.532. The van der Waals surface area contributed by atoms with Gasteiger partial charge < -0.3 is 15.2 Å². The fraction of sp³-hybridized carbons (Fsp3) is 0.833. The van der Waals surface area contributed by atoms with Crippen LogP contribution < -0.4 is 5.73 Å². The fourth-order valence-corrected chi connectivity index (χ4v) is 1.54. The maximum absolute atomic E-state index is 5.63. The van der Waals surface area contributed by atoms with E-state index in [1.165, 1.54) is 19.3 Å². The fourth-order valence-electron chi connectivity index (χ4n) is 1.54. The Bertz CT molecular complexity index is 207. The predicted molar refractivity (Wildman–Crippen MR) is 60.5 cm³/mol. The topological polar surface area (TPSA) is 44.5 Å². The molecule has 0 saturated heterocycles. The minimum atomic E-state index is 0.117. The molecule has 1 rings (SSSR count). The Kier molecular flexibility index (Phi) is 7.28. The lowest BCUT2D eigenvalue weighted by molar-refractivity contribution is 0.0250. The van der Waals surface area contributed by atoms with Crippen molar-refractivity contribution in [2.45, 2.75) is 38.2 Å². The summed E-state index contributed by atoms with van der Waals surface area (Å²) in [4.78, 5) is 0. The molecule has 1 unspecified atom stereocenters. The summed E-state index contributed by atoms with van der Waals surface area (Å²) in [7, 11) is 0. The smallest absolute Gasteiger partial charge is 0.118 e. The molecule has 0 aromatic heterocycles. The third kappa shape index (κ3) is 6.51. The molecule has 2 N–H and O–H groups in total. The Morgan fingerprint density at radius 1 is 1.13 bits per heavy atom. The van der Waals surface area contributed by atoms with Crippen LogP contribution >= 0.6 is 0 Å². The normalized spacial score (nSPS) is 21.3. The molecule has 0 fully saturated rings. The summed E-state index contributed by atoms with van der Waals surface area (Å²) in [5, 5.41) is 0. The summed E-state index contributed by atoms with van der Waals surface area (Å²) < 4.78 is 10.9. The number of ether oxygens (including phenoxy) is 2. The number of hydrogen-bond acceptors (Lipinski definition) is 3. The van der Waals surface area contributed by atoms with Crippen LogP contribution in [0.3, 0.4) is 0 Å². The standard InChI is InChI=1S/C12H21NO2/c13-8-9-14-10-11-15-12-6-4-2-1-3-5-7-12/h12H,1-4,6,8-11,13H2. The van der Waals surface area contributed by atoms with Crippen LogP contribution in [-0.2, 0) is 9.47 Å². The van der Waals surface area contributed by atoms with E-state index in [-0.39, 0.29) is 6.10 Å². The van der Waals surface area contributed by atoms with Gasteiger partial charge in [0.25, 0.3) is 0 Å². The van der Waals surface area contributed by atoms with Gasteiger partial charge >= 0.3 is 0 Å².